The molecule has 3 aromatic heterocycles. The Kier molecular flexibility index (Phi) is 6.12. The lowest BCUT2D eigenvalue weighted by Gasteiger charge is -2.11. The standard InChI is InChI=1S/C26H21F3N6O2/c1-16-4-3-5-17(12-16)15-34-11-10-23(33-34)31-25(36)21-14-24-30-20(18-6-8-19(37-2)9-7-18)13-22(26(27,28)29)35(24)32-21/h3-14H,15H2,1-2H3,(H,31,33,36). The van der Waals surface area contributed by atoms with Gasteiger partial charge in [-0.3, -0.25) is 9.48 Å². The van der Waals surface area contributed by atoms with Gasteiger partial charge in [0.05, 0.1) is 19.3 Å². The van der Waals surface area contributed by atoms with Crippen LogP contribution in [0.4, 0.5) is 19.0 Å². The van der Waals surface area contributed by atoms with Crippen molar-refractivity contribution in [3.63, 3.8) is 0 Å². The van der Waals surface area contributed by atoms with Crippen LogP contribution in [-0.4, -0.2) is 37.4 Å². The van der Waals surface area contributed by atoms with Crippen LogP contribution in [0.3, 0.4) is 0 Å². The van der Waals surface area contributed by atoms with Crippen LogP contribution in [0.25, 0.3) is 16.9 Å². The predicted molar refractivity (Wildman–Crippen MR) is 130 cm³/mol. The number of halogens is 3. The first kappa shape index (κ1) is 24.0. The highest BCUT2D eigenvalue weighted by molar-refractivity contribution is 6.03. The Balaban J connectivity index is 1.42. The van der Waals surface area contributed by atoms with Gasteiger partial charge in [-0.1, -0.05) is 29.8 Å². The number of alkyl halides is 3. The number of ether oxygens (including phenoxy) is 1. The molecule has 0 aliphatic carbocycles. The fraction of sp³-hybridized carbons (Fsp3) is 0.154. The number of carbonyl (C=O) groups is 1. The molecule has 8 nitrogen and oxygen atoms in total. The normalized spacial score (nSPS) is 11.6. The van der Waals surface area contributed by atoms with Crippen LogP contribution in [0.1, 0.15) is 27.3 Å². The molecule has 0 saturated carbocycles. The van der Waals surface area contributed by atoms with Crippen molar-refractivity contribution < 1.29 is 22.7 Å². The van der Waals surface area contributed by atoms with Crippen LogP contribution >= 0.6 is 0 Å². The van der Waals surface area contributed by atoms with Crippen molar-refractivity contribution in [3.05, 3.63) is 95.4 Å². The zero-order chi connectivity index (χ0) is 26.2. The minimum Gasteiger partial charge on any atom is -0.497 e. The maximum atomic E-state index is 13.9. The number of nitrogens with one attached hydrogen (secondary N) is 1. The van der Waals surface area contributed by atoms with E-state index < -0.39 is 17.8 Å². The third kappa shape index (κ3) is 5.15. The molecule has 5 rings (SSSR count). The highest BCUT2D eigenvalue weighted by Crippen LogP contribution is 2.32. The molecule has 0 saturated heterocycles. The highest BCUT2D eigenvalue weighted by Gasteiger charge is 2.35. The summed E-state index contributed by atoms with van der Waals surface area (Å²) >= 11 is 0. The highest BCUT2D eigenvalue weighted by atomic mass is 19.4. The van der Waals surface area contributed by atoms with E-state index in [-0.39, 0.29) is 22.9 Å². The number of carbonyl (C=O) groups excluding carboxylic acids is 1. The van der Waals surface area contributed by atoms with E-state index in [1.807, 2.05) is 31.2 Å². The second-order valence-electron chi connectivity index (χ2n) is 8.39. The summed E-state index contributed by atoms with van der Waals surface area (Å²) in [7, 11) is 1.49. The Morgan fingerprint density at radius 3 is 2.51 bits per heavy atom. The van der Waals surface area contributed by atoms with Gasteiger partial charge in [0.25, 0.3) is 5.91 Å². The number of fused-ring (bicyclic) bond motifs is 1. The first-order valence-corrected chi connectivity index (χ1v) is 11.2. The van der Waals surface area contributed by atoms with E-state index in [4.69, 9.17) is 4.74 Å². The minimum absolute atomic E-state index is 0.0872. The zero-order valence-corrected chi connectivity index (χ0v) is 19.8. The van der Waals surface area contributed by atoms with Gasteiger partial charge in [0.15, 0.2) is 22.9 Å². The summed E-state index contributed by atoms with van der Waals surface area (Å²) in [6.45, 7) is 2.49. The predicted octanol–water partition coefficient (Wildman–Crippen LogP) is 5.23. The van der Waals surface area contributed by atoms with Crippen molar-refractivity contribution in [3.8, 4) is 17.0 Å². The largest absolute Gasteiger partial charge is 0.497 e. The number of hydrogen-bond donors (Lipinski definition) is 1. The molecule has 5 aromatic rings. The van der Waals surface area contributed by atoms with Gasteiger partial charge in [-0.25, -0.2) is 9.50 Å². The average molecular weight is 506 g/mol. The van der Waals surface area contributed by atoms with Gasteiger partial charge >= 0.3 is 6.18 Å². The maximum Gasteiger partial charge on any atom is 0.433 e. The number of rotatable bonds is 6. The topological polar surface area (TPSA) is 86.3 Å². The molecule has 0 unspecified atom stereocenters. The van der Waals surface area contributed by atoms with E-state index >= 15 is 0 Å². The van der Waals surface area contributed by atoms with Crippen LogP contribution in [0.15, 0.2) is 72.9 Å². The maximum absolute atomic E-state index is 13.9. The van der Waals surface area contributed by atoms with Gasteiger partial charge in [0.1, 0.15) is 5.75 Å². The van der Waals surface area contributed by atoms with E-state index in [0.717, 1.165) is 17.2 Å². The molecule has 2 aromatic carbocycles. The summed E-state index contributed by atoms with van der Waals surface area (Å²) in [4.78, 5) is 17.1. The third-order valence-corrected chi connectivity index (χ3v) is 5.65. The average Bonchev–Trinajstić information content (AvgIpc) is 3.49. The summed E-state index contributed by atoms with van der Waals surface area (Å²) < 4.78 is 49.0. The summed E-state index contributed by atoms with van der Waals surface area (Å²) in [6, 6.07) is 18.1. The summed E-state index contributed by atoms with van der Waals surface area (Å²) in [5.74, 6) is 0.105. The molecular weight excluding hydrogens is 485 g/mol. The molecule has 11 heteroatoms. The Bertz CT molecular complexity index is 1590. The smallest absolute Gasteiger partial charge is 0.433 e. The molecule has 3 heterocycles. The van der Waals surface area contributed by atoms with Gasteiger partial charge < -0.3 is 10.1 Å². The number of aryl methyl sites for hydroxylation is 1. The van der Waals surface area contributed by atoms with E-state index in [1.165, 1.54) is 13.2 Å². The third-order valence-electron chi connectivity index (χ3n) is 5.65. The molecule has 0 spiro atoms. The molecule has 37 heavy (non-hydrogen) atoms. The van der Waals surface area contributed by atoms with Gasteiger partial charge in [0, 0.05) is 23.9 Å². The monoisotopic (exact) mass is 506 g/mol. The summed E-state index contributed by atoms with van der Waals surface area (Å²) in [6.07, 6.45) is -3.02. The molecule has 1 amide bonds. The van der Waals surface area contributed by atoms with E-state index in [1.54, 1.807) is 41.2 Å². The van der Waals surface area contributed by atoms with Crippen LogP contribution in [0, 0.1) is 6.92 Å². The first-order valence-electron chi connectivity index (χ1n) is 11.2. The van der Waals surface area contributed by atoms with E-state index in [0.29, 0.717) is 22.4 Å². The Morgan fingerprint density at radius 2 is 1.81 bits per heavy atom. The van der Waals surface area contributed by atoms with Crippen molar-refractivity contribution in [1.82, 2.24) is 24.4 Å². The fourth-order valence-corrected chi connectivity index (χ4v) is 3.89. The molecule has 1 N–H and O–H groups in total. The molecule has 0 aliphatic rings. The number of amides is 1. The molecule has 0 radical (unpaired) electrons. The lowest BCUT2D eigenvalue weighted by molar-refractivity contribution is -0.142. The van der Waals surface area contributed by atoms with E-state index in [2.05, 4.69) is 20.5 Å². The molecular formula is C26H21F3N6O2. The zero-order valence-electron chi connectivity index (χ0n) is 19.8. The summed E-state index contributed by atoms with van der Waals surface area (Å²) in [5.41, 5.74) is 1.31. The quantitative estimate of drug-likeness (QED) is 0.341. The van der Waals surface area contributed by atoms with Crippen molar-refractivity contribution in [2.75, 3.05) is 12.4 Å². The van der Waals surface area contributed by atoms with Crippen molar-refractivity contribution >= 4 is 17.4 Å². The Morgan fingerprint density at radius 1 is 1.03 bits per heavy atom. The Labute approximate surface area is 209 Å². The fourth-order valence-electron chi connectivity index (χ4n) is 3.89. The van der Waals surface area contributed by atoms with Gasteiger partial charge in [-0.15, -0.1) is 0 Å². The minimum atomic E-state index is -4.73. The van der Waals surface area contributed by atoms with E-state index in [9.17, 15) is 18.0 Å². The van der Waals surface area contributed by atoms with Crippen LogP contribution < -0.4 is 10.1 Å². The summed E-state index contributed by atoms with van der Waals surface area (Å²) in [5, 5.41) is 10.8. The SMILES string of the molecule is COc1ccc(-c2cc(C(F)(F)F)n3nc(C(=O)Nc4ccn(Cc5cccc(C)c5)n4)cc3n2)cc1. The van der Waals surface area contributed by atoms with Gasteiger partial charge in [0.2, 0.25) is 0 Å². The van der Waals surface area contributed by atoms with Crippen LogP contribution in [0.2, 0.25) is 0 Å². The van der Waals surface area contributed by atoms with Crippen molar-refractivity contribution in [2.45, 2.75) is 19.6 Å². The van der Waals surface area contributed by atoms with Crippen LogP contribution in [0.5, 0.6) is 5.75 Å². The van der Waals surface area contributed by atoms with Gasteiger partial charge in [-0.05, 0) is 42.8 Å². The number of nitrogens with zero attached hydrogens (tertiary/aromatic N) is 5. The second kappa shape index (κ2) is 9.41. The molecule has 0 fully saturated rings. The number of methoxy groups -OCH3 is 1. The van der Waals surface area contributed by atoms with Crippen LogP contribution in [-0.2, 0) is 12.7 Å². The molecule has 0 aliphatic heterocycles. The lowest BCUT2D eigenvalue weighted by atomic mass is 10.1. The molecule has 0 atom stereocenters. The van der Waals surface area contributed by atoms with Gasteiger partial charge in [-0.2, -0.15) is 23.4 Å². The molecule has 188 valence electrons. The lowest BCUT2D eigenvalue weighted by Crippen LogP contribution is -2.16. The number of anilines is 1. The first-order chi connectivity index (χ1) is 17.7. The number of hydrogen-bond acceptors (Lipinski definition) is 5. The number of aromatic nitrogens is 5. The Hall–Kier alpha value is -4.67. The number of benzene rings is 2. The van der Waals surface area contributed by atoms with Crippen molar-refractivity contribution in [1.29, 1.82) is 0 Å². The van der Waals surface area contributed by atoms with Crippen molar-refractivity contribution in [2.24, 2.45) is 0 Å². The second-order valence-corrected chi connectivity index (χ2v) is 8.39. The molecule has 0 bridgehead atoms.